The number of nitrogens with one attached hydrogen (secondary N) is 1. The van der Waals surface area contributed by atoms with Gasteiger partial charge in [-0.3, -0.25) is 0 Å². The van der Waals surface area contributed by atoms with Gasteiger partial charge in [0.25, 0.3) is 0 Å². The predicted octanol–water partition coefficient (Wildman–Crippen LogP) is 2.71. The normalized spacial score (nSPS) is 10.6. The quantitative estimate of drug-likeness (QED) is 0.913. The molecule has 19 heavy (non-hydrogen) atoms. The maximum absolute atomic E-state index is 5.38. The van der Waals surface area contributed by atoms with Gasteiger partial charge in [0.05, 0.1) is 18.9 Å². The smallest absolute Gasteiger partial charge is 0.187 e. The Hall–Kier alpha value is -2.17. The van der Waals surface area contributed by atoms with Crippen LogP contribution in [0.15, 0.2) is 24.4 Å². The van der Waals surface area contributed by atoms with Crippen LogP contribution in [0.3, 0.4) is 0 Å². The lowest BCUT2D eigenvalue weighted by molar-refractivity contribution is 0.416. The molecule has 100 valence electrons. The minimum Gasteiger partial charge on any atom is -0.496 e. The van der Waals surface area contributed by atoms with E-state index in [2.05, 4.69) is 46.5 Å². The first-order chi connectivity index (χ1) is 9.15. The molecule has 0 radical (unpaired) electrons. The largest absolute Gasteiger partial charge is 0.496 e. The van der Waals surface area contributed by atoms with Gasteiger partial charge in [-0.1, -0.05) is 19.9 Å². The zero-order valence-corrected chi connectivity index (χ0v) is 11.6. The Morgan fingerprint density at radius 1 is 1.26 bits per heavy atom. The Bertz CT molecular complexity index is 569. The monoisotopic (exact) mass is 258 g/mol. The summed E-state index contributed by atoms with van der Waals surface area (Å²) in [4.78, 5) is 4.41. The van der Waals surface area contributed by atoms with Crippen molar-refractivity contribution in [2.75, 3.05) is 19.5 Å². The average molecular weight is 258 g/mol. The molecule has 0 aliphatic heterocycles. The molecule has 0 saturated carbocycles. The fourth-order valence-electron chi connectivity index (χ4n) is 1.80. The predicted molar refractivity (Wildman–Crippen MR) is 75.5 cm³/mol. The van der Waals surface area contributed by atoms with Gasteiger partial charge in [-0.05, 0) is 23.6 Å². The van der Waals surface area contributed by atoms with Crippen molar-refractivity contribution < 1.29 is 4.74 Å². The van der Waals surface area contributed by atoms with Crippen LogP contribution in [0.4, 0.5) is 5.82 Å². The van der Waals surface area contributed by atoms with Crippen LogP contribution in [-0.2, 0) is 0 Å². The number of benzene rings is 1. The molecule has 1 heterocycles. The van der Waals surface area contributed by atoms with Crippen molar-refractivity contribution >= 4 is 5.82 Å². The lowest BCUT2D eigenvalue weighted by Gasteiger charge is -2.12. The number of hydrogen-bond acceptors (Lipinski definition) is 5. The van der Waals surface area contributed by atoms with Crippen molar-refractivity contribution in [2.45, 2.75) is 19.8 Å². The molecule has 5 nitrogen and oxygen atoms in total. The van der Waals surface area contributed by atoms with Crippen molar-refractivity contribution in [3.63, 3.8) is 0 Å². The molecule has 0 aliphatic rings. The number of methoxy groups -OCH3 is 1. The standard InChI is InChI=1S/C14H18N4O/c1-9(2)10-5-6-12(19-4)11(7-10)14-17-13(15-3)8-16-18-14/h5-9H,1-4H3,(H,15,17,18). The molecule has 0 aliphatic carbocycles. The van der Waals surface area contributed by atoms with E-state index in [-0.39, 0.29) is 0 Å². The third kappa shape index (κ3) is 2.81. The minimum atomic E-state index is 0.435. The molecule has 1 aromatic carbocycles. The highest BCUT2D eigenvalue weighted by atomic mass is 16.5. The lowest BCUT2D eigenvalue weighted by Crippen LogP contribution is -2.00. The molecule has 1 N–H and O–H groups in total. The van der Waals surface area contributed by atoms with Gasteiger partial charge in [0.1, 0.15) is 11.6 Å². The molecule has 2 aromatic rings. The molecule has 0 saturated heterocycles. The van der Waals surface area contributed by atoms with Crippen molar-refractivity contribution in [3.8, 4) is 17.1 Å². The van der Waals surface area contributed by atoms with Crippen LogP contribution < -0.4 is 10.1 Å². The molecule has 0 fully saturated rings. The Labute approximate surface area is 113 Å². The maximum atomic E-state index is 5.38. The van der Waals surface area contributed by atoms with Gasteiger partial charge in [-0.15, -0.1) is 5.10 Å². The Morgan fingerprint density at radius 3 is 2.68 bits per heavy atom. The zero-order chi connectivity index (χ0) is 13.8. The van der Waals surface area contributed by atoms with Crippen molar-refractivity contribution in [1.82, 2.24) is 15.2 Å². The number of anilines is 1. The van der Waals surface area contributed by atoms with E-state index in [0.29, 0.717) is 17.6 Å². The Kier molecular flexibility index (Phi) is 3.94. The summed E-state index contributed by atoms with van der Waals surface area (Å²) >= 11 is 0. The minimum absolute atomic E-state index is 0.435. The topological polar surface area (TPSA) is 59.9 Å². The summed E-state index contributed by atoms with van der Waals surface area (Å²) in [6.07, 6.45) is 1.59. The summed E-state index contributed by atoms with van der Waals surface area (Å²) in [5.74, 6) is 2.43. The first-order valence-electron chi connectivity index (χ1n) is 6.21. The van der Waals surface area contributed by atoms with Crippen LogP contribution >= 0.6 is 0 Å². The summed E-state index contributed by atoms with van der Waals surface area (Å²) in [6, 6.07) is 6.06. The van der Waals surface area contributed by atoms with Crippen molar-refractivity contribution in [3.05, 3.63) is 30.0 Å². The van der Waals surface area contributed by atoms with E-state index in [1.807, 2.05) is 6.07 Å². The number of rotatable bonds is 4. The molecule has 0 unspecified atom stereocenters. The molecule has 2 rings (SSSR count). The molecule has 0 spiro atoms. The second-order valence-electron chi connectivity index (χ2n) is 4.53. The summed E-state index contributed by atoms with van der Waals surface area (Å²) in [6.45, 7) is 4.30. The third-order valence-electron chi connectivity index (χ3n) is 2.95. The van der Waals surface area contributed by atoms with Gasteiger partial charge in [0.2, 0.25) is 0 Å². The Balaban J connectivity index is 2.54. The fourth-order valence-corrected chi connectivity index (χ4v) is 1.80. The van der Waals surface area contributed by atoms with Gasteiger partial charge in [-0.2, -0.15) is 5.10 Å². The molecule has 5 heteroatoms. The van der Waals surface area contributed by atoms with Crippen LogP contribution in [0, 0.1) is 0 Å². The molecule has 0 atom stereocenters. The van der Waals surface area contributed by atoms with E-state index in [4.69, 9.17) is 4.74 Å². The summed E-state index contributed by atoms with van der Waals surface area (Å²) in [5.41, 5.74) is 2.08. The summed E-state index contributed by atoms with van der Waals surface area (Å²) < 4.78 is 5.38. The van der Waals surface area contributed by atoms with E-state index in [9.17, 15) is 0 Å². The number of ether oxygens (including phenoxy) is 1. The maximum Gasteiger partial charge on any atom is 0.187 e. The molecule has 0 bridgehead atoms. The van der Waals surface area contributed by atoms with E-state index in [1.54, 1.807) is 20.4 Å². The van der Waals surface area contributed by atoms with Crippen LogP contribution in [0.1, 0.15) is 25.3 Å². The van der Waals surface area contributed by atoms with Gasteiger partial charge in [0, 0.05) is 7.05 Å². The summed E-state index contributed by atoms with van der Waals surface area (Å²) in [5, 5.41) is 11.0. The van der Waals surface area contributed by atoms with Crippen LogP contribution in [0.2, 0.25) is 0 Å². The average Bonchev–Trinajstić information content (AvgIpc) is 2.46. The van der Waals surface area contributed by atoms with Gasteiger partial charge in [0.15, 0.2) is 5.82 Å². The van der Waals surface area contributed by atoms with Crippen LogP contribution in [-0.4, -0.2) is 29.3 Å². The molecular formula is C14H18N4O. The third-order valence-corrected chi connectivity index (χ3v) is 2.95. The summed E-state index contributed by atoms with van der Waals surface area (Å²) in [7, 11) is 3.44. The highest BCUT2D eigenvalue weighted by molar-refractivity contribution is 5.66. The highest BCUT2D eigenvalue weighted by Gasteiger charge is 2.12. The van der Waals surface area contributed by atoms with Crippen molar-refractivity contribution in [1.29, 1.82) is 0 Å². The van der Waals surface area contributed by atoms with E-state index >= 15 is 0 Å². The molecule has 0 amide bonds. The van der Waals surface area contributed by atoms with Gasteiger partial charge >= 0.3 is 0 Å². The molecule has 1 aromatic heterocycles. The lowest BCUT2D eigenvalue weighted by atomic mass is 10.00. The van der Waals surface area contributed by atoms with Crippen molar-refractivity contribution in [2.24, 2.45) is 0 Å². The van der Waals surface area contributed by atoms with Crippen LogP contribution in [0.25, 0.3) is 11.4 Å². The Morgan fingerprint density at radius 2 is 2.05 bits per heavy atom. The van der Waals surface area contributed by atoms with Crippen LogP contribution in [0.5, 0.6) is 5.75 Å². The zero-order valence-electron chi connectivity index (χ0n) is 11.6. The fraction of sp³-hybridized carbons (Fsp3) is 0.357. The first kappa shape index (κ1) is 13.3. The van der Waals surface area contributed by atoms with E-state index in [0.717, 1.165) is 11.3 Å². The highest BCUT2D eigenvalue weighted by Crippen LogP contribution is 2.30. The van der Waals surface area contributed by atoms with Gasteiger partial charge < -0.3 is 10.1 Å². The second-order valence-corrected chi connectivity index (χ2v) is 4.53. The number of aromatic nitrogens is 3. The van der Waals surface area contributed by atoms with E-state index in [1.165, 1.54) is 5.56 Å². The van der Waals surface area contributed by atoms with Gasteiger partial charge in [-0.25, -0.2) is 4.98 Å². The number of hydrogen-bond donors (Lipinski definition) is 1. The molecular weight excluding hydrogens is 240 g/mol. The first-order valence-corrected chi connectivity index (χ1v) is 6.21. The van der Waals surface area contributed by atoms with E-state index < -0.39 is 0 Å². The SMILES string of the molecule is CNc1cnnc(-c2cc(C(C)C)ccc2OC)n1. The number of nitrogens with zero attached hydrogens (tertiary/aromatic N) is 3. The second kappa shape index (κ2) is 5.65.